The maximum Gasteiger partial charge on any atom is 0.337 e. The predicted molar refractivity (Wildman–Crippen MR) is 143 cm³/mol. The molecule has 1 saturated carbocycles. The number of hydrogen-bond donors (Lipinski definition) is 0. The number of halogens is 1. The number of carbonyl (C=O) groups is 2. The highest BCUT2D eigenvalue weighted by molar-refractivity contribution is 6.31. The predicted octanol–water partition coefficient (Wildman–Crippen LogP) is 4.24. The number of esters is 1. The van der Waals surface area contributed by atoms with Gasteiger partial charge in [-0.3, -0.25) is 13.9 Å². The number of fused-ring (bicyclic) bond motifs is 1. The molecule has 2 fully saturated rings. The third-order valence-electron chi connectivity index (χ3n) is 7.45. The molecule has 0 bridgehead atoms. The van der Waals surface area contributed by atoms with Crippen LogP contribution in [0.5, 0.6) is 0 Å². The second-order valence-corrected chi connectivity index (χ2v) is 10.1. The highest BCUT2D eigenvalue weighted by atomic mass is 35.5. The van der Waals surface area contributed by atoms with Gasteiger partial charge in [-0.05, 0) is 73.0 Å². The van der Waals surface area contributed by atoms with Gasteiger partial charge in [-0.15, -0.1) is 0 Å². The van der Waals surface area contributed by atoms with Crippen molar-refractivity contribution in [2.75, 3.05) is 33.4 Å². The quantitative estimate of drug-likeness (QED) is 0.360. The molecule has 1 aliphatic carbocycles. The number of ether oxygens (including phenoxy) is 2. The lowest BCUT2D eigenvalue weighted by atomic mass is 10.0. The van der Waals surface area contributed by atoms with Crippen LogP contribution in [-0.4, -0.2) is 59.3 Å². The summed E-state index contributed by atoms with van der Waals surface area (Å²) in [6, 6.07) is 19.7. The Morgan fingerprint density at radius 3 is 2.34 bits per heavy atom. The topological polar surface area (TPSA) is 82.8 Å². The lowest BCUT2D eigenvalue weighted by molar-refractivity contribution is 0.0303. The first-order valence-electron chi connectivity index (χ1n) is 12.5. The van der Waals surface area contributed by atoms with Gasteiger partial charge in [-0.25, -0.2) is 9.59 Å². The lowest BCUT2D eigenvalue weighted by Gasteiger charge is -2.26. The summed E-state index contributed by atoms with van der Waals surface area (Å²) < 4.78 is 13.7. The molecule has 2 aliphatic rings. The molecule has 194 valence electrons. The molecule has 38 heavy (non-hydrogen) atoms. The number of aromatic nitrogens is 2. The standard InChI is InChI=1S/C29H26ClN3O5/c1-37-27(35)20-3-2-4-21(17-20)29(11-12-29)33-24-10-7-22(30)18-25(24)32(28(33)36)23-8-5-19(6-9-23)26(34)31-13-15-38-16-14-31/h2-10,17-18H,11-16H2,1H3. The molecule has 8 nitrogen and oxygen atoms in total. The molecule has 1 amide bonds. The summed E-state index contributed by atoms with van der Waals surface area (Å²) in [5.74, 6) is -0.476. The van der Waals surface area contributed by atoms with Crippen LogP contribution >= 0.6 is 11.6 Å². The van der Waals surface area contributed by atoms with Crippen LogP contribution in [0.1, 0.15) is 39.1 Å². The summed E-state index contributed by atoms with van der Waals surface area (Å²) in [5, 5.41) is 0.514. The van der Waals surface area contributed by atoms with E-state index in [0.29, 0.717) is 53.7 Å². The Hall–Kier alpha value is -3.88. The van der Waals surface area contributed by atoms with Gasteiger partial charge in [0.25, 0.3) is 5.91 Å². The minimum atomic E-state index is -0.579. The van der Waals surface area contributed by atoms with Crippen LogP contribution in [0, 0.1) is 0 Å². The van der Waals surface area contributed by atoms with Crippen LogP contribution < -0.4 is 5.69 Å². The fourth-order valence-electron chi connectivity index (χ4n) is 5.35. The van der Waals surface area contributed by atoms with Crippen molar-refractivity contribution in [2.45, 2.75) is 18.4 Å². The van der Waals surface area contributed by atoms with Crippen molar-refractivity contribution in [2.24, 2.45) is 0 Å². The first kappa shape index (κ1) is 24.5. The third kappa shape index (κ3) is 4.01. The van der Waals surface area contributed by atoms with Crippen molar-refractivity contribution in [1.82, 2.24) is 14.0 Å². The fraction of sp³-hybridized carbons (Fsp3) is 0.276. The highest BCUT2D eigenvalue weighted by Gasteiger charge is 2.49. The summed E-state index contributed by atoms with van der Waals surface area (Å²) in [6.45, 7) is 2.18. The molecular formula is C29H26ClN3O5. The first-order valence-corrected chi connectivity index (χ1v) is 12.9. The molecule has 0 N–H and O–H groups in total. The van der Waals surface area contributed by atoms with E-state index in [2.05, 4.69) is 0 Å². The highest BCUT2D eigenvalue weighted by Crippen LogP contribution is 2.50. The number of benzene rings is 3. The first-order chi connectivity index (χ1) is 18.4. The average molecular weight is 532 g/mol. The van der Waals surface area contributed by atoms with Crippen LogP contribution in [0.2, 0.25) is 5.02 Å². The molecule has 2 heterocycles. The van der Waals surface area contributed by atoms with Crippen LogP contribution in [0.15, 0.2) is 71.5 Å². The van der Waals surface area contributed by atoms with Crippen molar-refractivity contribution in [3.63, 3.8) is 0 Å². The SMILES string of the molecule is COC(=O)c1cccc(C2(n3c(=O)n(-c4ccc(C(=O)N5CCOCC5)cc4)c4cc(Cl)ccc43)CC2)c1. The van der Waals surface area contributed by atoms with Crippen molar-refractivity contribution in [3.8, 4) is 5.69 Å². The molecule has 9 heteroatoms. The number of imidazole rings is 1. The molecule has 0 atom stereocenters. The van der Waals surface area contributed by atoms with E-state index in [0.717, 1.165) is 23.9 Å². The molecule has 1 aliphatic heterocycles. The van der Waals surface area contributed by atoms with E-state index in [1.54, 1.807) is 58.0 Å². The summed E-state index contributed by atoms with van der Waals surface area (Å²) in [7, 11) is 1.35. The summed E-state index contributed by atoms with van der Waals surface area (Å²) in [4.78, 5) is 41.0. The van der Waals surface area contributed by atoms with Crippen molar-refractivity contribution >= 4 is 34.5 Å². The number of rotatable bonds is 5. The third-order valence-corrected chi connectivity index (χ3v) is 7.68. The van der Waals surface area contributed by atoms with Gasteiger partial charge in [0, 0.05) is 23.7 Å². The summed E-state index contributed by atoms with van der Waals surface area (Å²) in [5.41, 5.74) is 3.14. The minimum Gasteiger partial charge on any atom is -0.465 e. The van der Waals surface area contributed by atoms with Crippen LogP contribution in [0.25, 0.3) is 16.7 Å². The van der Waals surface area contributed by atoms with E-state index in [9.17, 15) is 14.4 Å². The number of methoxy groups -OCH3 is 1. The number of amides is 1. The van der Waals surface area contributed by atoms with E-state index in [1.807, 2.05) is 22.8 Å². The zero-order chi connectivity index (χ0) is 26.4. The number of hydrogen-bond acceptors (Lipinski definition) is 5. The second-order valence-electron chi connectivity index (χ2n) is 9.64. The van der Waals surface area contributed by atoms with E-state index >= 15 is 0 Å². The van der Waals surface area contributed by atoms with E-state index < -0.39 is 11.5 Å². The maximum absolute atomic E-state index is 14.1. The van der Waals surface area contributed by atoms with Gasteiger partial charge < -0.3 is 14.4 Å². The van der Waals surface area contributed by atoms with Crippen LogP contribution in [-0.2, 0) is 15.0 Å². The van der Waals surface area contributed by atoms with E-state index in [-0.39, 0.29) is 11.6 Å². The number of carbonyl (C=O) groups excluding carboxylic acids is 2. The zero-order valence-electron chi connectivity index (χ0n) is 20.9. The smallest absolute Gasteiger partial charge is 0.337 e. The Morgan fingerprint density at radius 2 is 1.66 bits per heavy atom. The van der Waals surface area contributed by atoms with Crippen molar-refractivity contribution in [1.29, 1.82) is 0 Å². The zero-order valence-corrected chi connectivity index (χ0v) is 21.6. The van der Waals surface area contributed by atoms with Crippen molar-refractivity contribution in [3.05, 3.63) is 98.9 Å². The summed E-state index contributed by atoms with van der Waals surface area (Å²) in [6.07, 6.45) is 1.51. The van der Waals surface area contributed by atoms with Gasteiger partial charge >= 0.3 is 11.7 Å². The van der Waals surface area contributed by atoms with Gasteiger partial charge in [-0.2, -0.15) is 0 Å². The number of morpholine rings is 1. The van der Waals surface area contributed by atoms with Gasteiger partial charge in [0.1, 0.15) is 0 Å². The molecule has 3 aromatic carbocycles. The normalized spacial score (nSPS) is 16.4. The maximum atomic E-state index is 14.1. The molecule has 1 saturated heterocycles. The Morgan fingerprint density at radius 1 is 0.921 bits per heavy atom. The summed E-state index contributed by atoms with van der Waals surface area (Å²) >= 11 is 6.37. The van der Waals surface area contributed by atoms with Gasteiger partial charge in [0.2, 0.25) is 0 Å². The molecule has 0 radical (unpaired) electrons. The lowest BCUT2D eigenvalue weighted by Crippen LogP contribution is -2.40. The van der Waals surface area contributed by atoms with Crippen LogP contribution in [0.3, 0.4) is 0 Å². The number of nitrogens with zero attached hydrogens (tertiary/aromatic N) is 3. The van der Waals surface area contributed by atoms with Crippen LogP contribution in [0.4, 0.5) is 0 Å². The minimum absolute atomic E-state index is 0.0555. The van der Waals surface area contributed by atoms with Gasteiger partial charge in [0.05, 0.1) is 48.1 Å². The molecule has 0 unspecified atom stereocenters. The van der Waals surface area contributed by atoms with Crippen molar-refractivity contribution < 1.29 is 19.1 Å². The Labute approximate surface area is 223 Å². The average Bonchev–Trinajstić information content (AvgIpc) is 3.70. The Kier molecular flexibility index (Phi) is 6.08. The largest absolute Gasteiger partial charge is 0.465 e. The molecule has 6 rings (SSSR count). The molecule has 1 aromatic heterocycles. The van der Waals surface area contributed by atoms with Gasteiger partial charge in [-0.1, -0.05) is 23.7 Å². The molecule has 4 aromatic rings. The molecule has 0 spiro atoms. The second kappa shape index (κ2) is 9.45. The monoisotopic (exact) mass is 531 g/mol. The van der Waals surface area contributed by atoms with E-state index in [4.69, 9.17) is 21.1 Å². The fourth-order valence-corrected chi connectivity index (χ4v) is 5.52. The van der Waals surface area contributed by atoms with E-state index in [1.165, 1.54) is 7.11 Å². The Balaban J connectivity index is 1.45. The Bertz CT molecular complexity index is 1610. The molecular weight excluding hydrogens is 506 g/mol. The van der Waals surface area contributed by atoms with Gasteiger partial charge in [0.15, 0.2) is 0 Å².